The molecule has 1 aromatic heterocycles. The Labute approximate surface area is 117 Å². The molecule has 1 amide bonds. The van der Waals surface area contributed by atoms with E-state index in [0.29, 0.717) is 25.5 Å². The Morgan fingerprint density at radius 2 is 2.11 bits per heavy atom. The van der Waals surface area contributed by atoms with Crippen molar-refractivity contribution in [2.45, 2.75) is 33.3 Å². The van der Waals surface area contributed by atoms with Gasteiger partial charge in [-0.05, 0) is 32.4 Å². The maximum Gasteiger partial charge on any atom is 0.322 e. The van der Waals surface area contributed by atoms with Crippen LogP contribution in [0.4, 0.5) is 5.95 Å². The van der Waals surface area contributed by atoms with Crippen molar-refractivity contribution in [3.05, 3.63) is 5.28 Å². The summed E-state index contributed by atoms with van der Waals surface area (Å²) in [6, 6.07) is 0.163. The van der Waals surface area contributed by atoms with Crippen LogP contribution in [0.3, 0.4) is 0 Å². The predicted molar refractivity (Wildman–Crippen MR) is 72.4 cm³/mol. The fraction of sp³-hybridized carbons (Fsp3) is 0.636. The average Bonchev–Trinajstić information content (AvgIpc) is 2.27. The van der Waals surface area contributed by atoms with Crippen LogP contribution in [0.25, 0.3) is 0 Å². The minimum absolute atomic E-state index is 0.0335. The van der Waals surface area contributed by atoms with E-state index >= 15 is 0 Å². The lowest BCUT2D eigenvalue weighted by Gasteiger charge is -2.09. The molecule has 7 nitrogen and oxygen atoms in total. The summed E-state index contributed by atoms with van der Waals surface area (Å²) >= 11 is 5.76. The first-order chi connectivity index (χ1) is 9.01. The Morgan fingerprint density at radius 3 is 2.74 bits per heavy atom. The highest BCUT2D eigenvalue weighted by Crippen LogP contribution is 2.12. The molecule has 1 rings (SSSR count). The zero-order chi connectivity index (χ0) is 14.3. The van der Waals surface area contributed by atoms with Gasteiger partial charge in [-0.3, -0.25) is 4.79 Å². The second-order valence-electron chi connectivity index (χ2n) is 4.01. The molecule has 0 aromatic carbocycles. The van der Waals surface area contributed by atoms with Crippen LogP contribution in [-0.4, -0.2) is 40.1 Å². The monoisotopic (exact) mass is 287 g/mol. The Morgan fingerprint density at radius 1 is 1.37 bits per heavy atom. The molecule has 1 heterocycles. The van der Waals surface area contributed by atoms with Crippen molar-refractivity contribution in [1.82, 2.24) is 20.3 Å². The van der Waals surface area contributed by atoms with Crippen LogP contribution in [0.5, 0.6) is 6.01 Å². The molecule has 0 spiro atoms. The van der Waals surface area contributed by atoms with Gasteiger partial charge in [0.05, 0.1) is 6.10 Å². The number of halogens is 1. The second-order valence-corrected chi connectivity index (χ2v) is 4.35. The summed E-state index contributed by atoms with van der Waals surface area (Å²) in [6.07, 6.45) is 0.277. The summed E-state index contributed by atoms with van der Waals surface area (Å²) in [5, 5.41) is 5.65. The molecule has 0 saturated heterocycles. The van der Waals surface area contributed by atoms with Crippen LogP contribution >= 0.6 is 11.6 Å². The fourth-order valence-corrected chi connectivity index (χ4v) is 1.40. The third kappa shape index (κ3) is 6.19. The van der Waals surface area contributed by atoms with E-state index in [0.717, 1.165) is 0 Å². The number of rotatable bonds is 7. The first kappa shape index (κ1) is 15.4. The quantitative estimate of drug-likeness (QED) is 0.784. The average molecular weight is 288 g/mol. The Kier molecular flexibility index (Phi) is 6.27. The standard InChI is InChI=1S/C11H18ClN5O2/c1-4-13-8(18)5-6-14-10-15-9(12)16-11(17-10)19-7(2)3/h7H,4-6H2,1-3H3,(H,13,18)(H,14,15,16,17). The highest BCUT2D eigenvalue weighted by Gasteiger charge is 2.08. The molecule has 0 radical (unpaired) electrons. The highest BCUT2D eigenvalue weighted by molar-refractivity contribution is 6.28. The van der Waals surface area contributed by atoms with Gasteiger partial charge in [0.2, 0.25) is 17.1 Å². The Balaban J connectivity index is 2.53. The van der Waals surface area contributed by atoms with Crippen LogP contribution < -0.4 is 15.4 Å². The van der Waals surface area contributed by atoms with E-state index in [1.807, 2.05) is 20.8 Å². The molecule has 1 aromatic rings. The van der Waals surface area contributed by atoms with Gasteiger partial charge < -0.3 is 15.4 Å². The summed E-state index contributed by atoms with van der Waals surface area (Å²) in [4.78, 5) is 23.1. The number of aromatic nitrogens is 3. The van der Waals surface area contributed by atoms with Crippen LogP contribution in [0.1, 0.15) is 27.2 Å². The van der Waals surface area contributed by atoms with Gasteiger partial charge in [-0.15, -0.1) is 0 Å². The van der Waals surface area contributed by atoms with E-state index in [9.17, 15) is 4.79 Å². The van der Waals surface area contributed by atoms with Gasteiger partial charge >= 0.3 is 6.01 Å². The molecule has 19 heavy (non-hydrogen) atoms. The van der Waals surface area contributed by atoms with Crippen LogP contribution in [0.15, 0.2) is 0 Å². The van der Waals surface area contributed by atoms with Crippen molar-refractivity contribution in [3.8, 4) is 6.01 Å². The van der Waals surface area contributed by atoms with E-state index in [1.54, 1.807) is 0 Å². The van der Waals surface area contributed by atoms with Crippen molar-refractivity contribution in [1.29, 1.82) is 0 Å². The molecule has 106 valence electrons. The second kappa shape index (κ2) is 7.73. The van der Waals surface area contributed by atoms with Crippen LogP contribution in [0.2, 0.25) is 5.28 Å². The summed E-state index contributed by atoms with van der Waals surface area (Å²) in [6.45, 7) is 6.61. The molecule has 8 heteroatoms. The molecule has 0 unspecified atom stereocenters. The van der Waals surface area contributed by atoms with Crippen molar-refractivity contribution in [2.75, 3.05) is 18.4 Å². The smallest absolute Gasteiger partial charge is 0.322 e. The molecule has 0 atom stereocenters. The lowest BCUT2D eigenvalue weighted by Crippen LogP contribution is -2.25. The summed E-state index contributed by atoms with van der Waals surface area (Å²) in [5.74, 6) is 0.258. The predicted octanol–water partition coefficient (Wildman–Crippen LogP) is 1.25. The molecule has 0 fully saturated rings. The third-order valence-corrected chi connectivity index (χ3v) is 2.11. The molecular weight excluding hydrogens is 270 g/mol. The van der Waals surface area contributed by atoms with Gasteiger partial charge in [0.1, 0.15) is 0 Å². The van der Waals surface area contributed by atoms with E-state index in [1.165, 1.54) is 0 Å². The van der Waals surface area contributed by atoms with Crippen molar-refractivity contribution >= 4 is 23.5 Å². The maximum atomic E-state index is 11.3. The number of hydrogen-bond donors (Lipinski definition) is 2. The Bertz CT molecular complexity index is 428. The van der Waals surface area contributed by atoms with Gasteiger partial charge in [-0.25, -0.2) is 0 Å². The highest BCUT2D eigenvalue weighted by atomic mass is 35.5. The van der Waals surface area contributed by atoms with Crippen LogP contribution in [0, 0.1) is 0 Å². The number of nitrogens with one attached hydrogen (secondary N) is 2. The van der Waals surface area contributed by atoms with Gasteiger partial charge in [0.15, 0.2) is 0 Å². The first-order valence-corrected chi connectivity index (χ1v) is 6.48. The van der Waals surface area contributed by atoms with E-state index < -0.39 is 0 Å². The zero-order valence-electron chi connectivity index (χ0n) is 11.2. The SMILES string of the molecule is CCNC(=O)CCNc1nc(Cl)nc(OC(C)C)n1. The summed E-state index contributed by atoms with van der Waals surface area (Å²) in [5.41, 5.74) is 0. The minimum atomic E-state index is -0.0540. The first-order valence-electron chi connectivity index (χ1n) is 6.10. The summed E-state index contributed by atoms with van der Waals surface area (Å²) in [7, 11) is 0. The van der Waals surface area contributed by atoms with E-state index in [4.69, 9.17) is 16.3 Å². The van der Waals surface area contributed by atoms with Gasteiger partial charge in [0, 0.05) is 19.5 Å². The fourth-order valence-electron chi connectivity index (χ4n) is 1.25. The summed E-state index contributed by atoms with van der Waals surface area (Å²) < 4.78 is 5.34. The molecule has 2 N–H and O–H groups in total. The van der Waals surface area contributed by atoms with Crippen molar-refractivity contribution < 1.29 is 9.53 Å². The largest absolute Gasteiger partial charge is 0.461 e. The van der Waals surface area contributed by atoms with Crippen molar-refractivity contribution in [2.24, 2.45) is 0 Å². The van der Waals surface area contributed by atoms with Gasteiger partial charge in [0.25, 0.3) is 0 Å². The molecule has 0 saturated carbocycles. The zero-order valence-corrected chi connectivity index (χ0v) is 12.0. The molecule has 0 aliphatic rings. The lowest BCUT2D eigenvalue weighted by molar-refractivity contribution is -0.120. The number of carbonyl (C=O) groups excluding carboxylic acids is 1. The number of nitrogens with zero attached hydrogens (tertiary/aromatic N) is 3. The molecule has 0 aliphatic heterocycles. The normalized spacial score (nSPS) is 10.4. The molecule has 0 bridgehead atoms. The van der Waals surface area contributed by atoms with E-state index in [-0.39, 0.29) is 23.3 Å². The van der Waals surface area contributed by atoms with Crippen molar-refractivity contribution in [3.63, 3.8) is 0 Å². The number of carbonyl (C=O) groups is 1. The molecular formula is C11H18ClN5O2. The van der Waals surface area contributed by atoms with Gasteiger partial charge in [-0.1, -0.05) is 0 Å². The maximum absolute atomic E-state index is 11.3. The number of amides is 1. The van der Waals surface area contributed by atoms with Crippen LogP contribution in [-0.2, 0) is 4.79 Å². The topological polar surface area (TPSA) is 89.0 Å². The lowest BCUT2D eigenvalue weighted by atomic mass is 10.4. The third-order valence-electron chi connectivity index (χ3n) is 1.94. The minimum Gasteiger partial charge on any atom is -0.461 e. The number of anilines is 1. The van der Waals surface area contributed by atoms with Gasteiger partial charge in [-0.2, -0.15) is 15.0 Å². The Hall–Kier alpha value is -1.63. The number of hydrogen-bond acceptors (Lipinski definition) is 6. The van der Waals surface area contributed by atoms with E-state index in [2.05, 4.69) is 25.6 Å². The molecule has 0 aliphatic carbocycles. The number of ether oxygens (including phenoxy) is 1.